The molecule has 2 aromatic carbocycles. The highest BCUT2D eigenvalue weighted by atomic mass is 32.2. The molecule has 172 valence electrons. The number of piperidine rings is 1. The van der Waals surface area contributed by atoms with Crippen molar-refractivity contribution >= 4 is 21.9 Å². The maximum atomic E-state index is 12.8. The van der Waals surface area contributed by atoms with Crippen molar-refractivity contribution in [3.63, 3.8) is 0 Å². The van der Waals surface area contributed by atoms with Crippen LogP contribution in [0.2, 0.25) is 0 Å². The molecule has 1 heterocycles. The second-order valence-electron chi connectivity index (χ2n) is 7.96. The zero-order chi connectivity index (χ0) is 23.0. The lowest BCUT2D eigenvalue weighted by molar-refractivity contribution is -0.121. The van der Waals surface area contributed by atoms with E-state index in [4.69, 9.17) is 4.74 Å². The molecule has 8 heteroatoms. The SMILES string of the molecule is Cc1ccc(CCC(=O)NCCOC(=O)c2cccc(S(=O)(=O)N3CCCCC3)c2)cc1. The van der Waals surface area contributed by atoms with Gasteiger partial charge < -0.3 is 10.1 Å². The van der Waals surface area contributed by atoms with Gasteiger partial charge in [-0.15, -0.1) is 0 Å². The minimum absolute atomic E-state index is 0.0121. The lowest BCUT2D eigenvalue weighted by atomic mass is 10.1. The molecule has 0 unspecified atom stereocenters. The molecule has 1 saturated heterocycles. The first-order valence-electron chi connectivity index (χ1n) is 11.0. The van der Waals surface area contributed by atoms with Crippen molar-refractivity contribution in [2.75, 3.05) is 26.2 Å². The van der Waals surface area contributed by atoms with Gasteiger partial charge in [-0.05, 0) is 49.9 Å². The van der Waals surface area contributed by atoms with Gasteiger partial charge in [0, 0.05) is 19.5 Å². The minimum Gasteiger partial charge on any atom is -0.460 e. The van der Waals surface area contributed by atoms with Crippen LogP contribution in [-0.2, 0) is 26.0 Å². The Morgan fingerprint density at radius 2 is 1.75 bits per heavy atom. The first-order valence-corrected chi connectivity index (χ1v) is 12.4. The minimum atomic E-state index is -3.62. The number of carbonyl (C=O) groups excluding carboxylic acids is 2. The Kier molecular flexibility index (Phi) is 8.41. The number of benzene rings is 2. The lowest BCUT2D eigenvalue weighted by Gasteiger charge is -2.25. The Hall–Kier alpha value is -2.71. The normalized spacial score (nSPS) is 14.7. The Balaban J connectivity index is 1.44. The van der Waals surface area contributed by atoms with Crippen LogP contribution in [0.15, 0.2) is 53.4 Å². The fourth-order valence-electron chi connectivity index (χ4n) is 3.56. The number of ether oxygens (including phenoxy) is 1. The number of esters is 1. The average Bonchev–Trinajstić information content (AvgIpc) is 2.82. The number of carbonyl (C=O) groups is 2. The van der Waals surface area contributed by atoms with Crippen molar-refractivity contribution in [1.82, 2.24) is 9.62 Å². The molecule has 1 aliphatic rings. The van der Waals surface area contributed by atoms with Gasteiger partial charge >= 0.3 is 5.97 Å². The largest absolute Gasteiger partial charge is 0.460 e. The molecule has 0 aliphatic carbocycles. The van der Waals surface area contributed by atoms with E-state index in [9.17, 15) is 18.0 Å². The fraction of sp³-hybridized carbons (Fsp3) is 0.417. The third-order valence-electron chi connectivity index (χ3n) is 5.44. The number of hydrogen-bond acceptors (Lipinski definition) is 5. The molecule has 32 heavy (non-hydrogen) atoms. The zero-order valence-corrected chi connectivity index (χ0v) is 19.2. The Morgan fingerprint density at radius 3 is 2.47 bits per heavy atom. The summed E-state index contributed by atoms with van der Waals surface area (Å²) in [7, 11) is -3.62. The number of amides is 1. The van der Waals surface area contributed by atoms with E-state index in [0.717, 1.165) is 24.8 Å². The third-order valence-corrected chi connectivity index (χ3v) is 7.34. The van der Waals surface area contributed by atoms with Gasteiger partial charge in [0.25, 0.3) is 0 Å². The van der Waals surface area contributed by atoms with Crippen LogP contribution >= 0.6 is 0 Å². The van der Waals surface area contributed by atoms with Crippen molar-refractivity contribution in [3.05, 3.63) is 65.2 Å². The smallest absolute Gasteiger partial charge is 0.338 e. The Morgan fingerprint density at radius 1 is 1.03 bits per heavy atom. The molecular formula is C24H30N2O5S. The second-order valence-corrected chi connectivity index (χ2v) is 9.90. The molecule has 0 spiro atoms. The molecule has 1 fully saturated rings. The van der Waals surface area contributed by atoms with Gasteiger partial charge in [-0.3, -0.25) is 4.79 Å². The number of aryl methyl sites for hydroxylation is 2. The van der Waals surface area contributed by atoms with E-state index in [1.165, 1.54) is 28.1 Å². The summed E-state index contributed by atoms with van der Waals surface area (Å²) in [6.07, 6.45) is 3.72. The maximum absolute atomic E-state index is 12.8. The summed E-state index contributed by atoms with van der Waals surface area (Å²) in [5.41, 5.74) is 2.44. The van der Waals surface area contributed by atoms with E-state index < -0.39 is 16.0 Å². The molecule has 1 N–H and O–H groups in total. The summed E-state index contributed by atoms with van der Waals surface area (Å²) >= 11 is 0. The molecule has 2 aromatic rings. The molecule has 0 atom stereocenters. The quantitative estimate of drug-likeness (QED) is 0.461. The first kappa shape index (κ1) is 23.9. The van der Waals surface area contributed by atoms with Crippen LogP contribution < -0.4 is 5.32 Å². The highest BCUT2D eigenvalue weighted by molar-refractivity contribution is 7.89. The van der Waals surface area contributed by atoms with Crippen LogP contribution in [0, 0.1) is 6.92 Å². The molecule has 0 saturated carbocycles. The Bertz CT molecular complexity index is 1030. The monoisotopic (exact) mass is 458 g/mol. The third kappa shape index (κ3) is 6.64. The Labute approximate surface area is 189 Å². The standard InChI is InChI=1S/C24H30N2O5S/c1-19-8-10-20(11-9-19)12-13-23(27)25-14-17-31-24(28)21-6-5-7-22(18-21)32(29,30)26-15-3-2-4-16-26/h5-11,18H,2-4,12-17H2,1H3,(H,25,27). The van der Waals surface area contributed by atoms with Gasteiger partial charge in [0.15, 0.2) is 0 Å². The van der Waals surface area contributed by atoms with Crippen LogP contribution in [0.25, 0.3) is 0 Å². The van der Waals surface area contributed by atoms with Gasteiger partial charge in [-0.2, -0.15) is 4.31 Å². The fourth-order valence-corrected chi connectivity index (χ4v) is 5.12. The number of nitrogens with one attached hydrogen (secondary N) is 1. The van der Waals surface area contributed by atoms with Crippen molar-refractivity contribution < 1.29 is 22.7 Å². The van der Waals surface area contributed by atoms with E-state index >= 15 is 0 Å². The molecular weight excluding hydrogens is 428 g/mol. The van der Waals surface area contributed by atoms with Gasteiger partial charge in [0.2, 0.25) is 15.9 Å². The van der Waals surface area contributed by atoms with Crippen LogP contribution in [0.5, 0.6) is 0 Å². The van der Waals surface area contributed by atoms with E-state index in [2.05, 4.69) is 5.32 Å². The van der Waals surface area contributed by atoms with Gasteiger partial charge in [-0.25, -0.2) is 13.2 Å². The van der Waals surface area contributed by atoms with Crippen molar-refractivity contribution in [1.29, 1.82) is 0 Å². The predicted molar refractivity (Wildman–Crippen MR) is 122 cm³/mol. The number of sulfonamides is 1. The predicted octanol–water partition coefficient (Wildman–Crippen LogP) is 3.08. The van der Waals surface area contributed by atoms with Gasteiger partial charge in [0.1, 0.15) is 6.61 Å². The molecule has 1 aliphatic heterocycles. The molecule has 0 radical (unpaired) electrons. The highest BCUT2D eigenvalue weighted by Crippen LogP contribution is 2.21. The highest BCUT2D eigenvalue weighted by Gasteiger charge is 2.26. The number of hydrogen-bond donors (Lipinski definition) is 1. The van der Waals surface area contributed by atoms with E-state index in [-0.39, 0.29) is 29.5 Å². The molecule has 1 amide bonds. The van der Waals surface area contributed by atoms with E-state index in [1.807, 2.05) is 31.2 Å². The topological polar surface area (TPSA) is 92.8 Å². The van der Waals surface area contributed by atoms with Crippen molar-refractivity contribution in [2.24, 2.45) is 0 Å². The average molecular weight is 459 g/mol. The number of nitrogens with zero attached hydrogens (tertiary/aromatic N) is 1. The molecule has 0 bridgehead atoms. The summed E-state index contributed by atoms with van der Waals surface area (Å²) in [6.45, 7) is 3.23. The molecule has 7 nitrogen and oxygen atoms in total. The first-order chi connectivity index (χ1) is 15.4. The molecule has 0 aromatic heterocycles. The maximum Gasteiger partial charge on any atom is 0.338 e. The van der Waals surface area contributed by atoms with Crippen LogP contribution in [-0.4, -0.2) is 50.8 Å². The van der Waals surface area contributed by atoms with Gasteiger partial charge in [0.05, 0.1) is 17.0 Å². The summed E-state index contributed by atoms with van der Waals surface area (Å²) < 4.78 is 32.3. The van der Waals surface area contributed by atoms with Crippen molar-refractivity contribution in [2.45, 2.75) is 43.9 Å². The second kappa shape index (κ2) is 11.2. The van der Waals surface area contributed by atoms with Gasteiger partial charge in [-0.1, -0.05) is 42.3 Å². The van der Waals surface area contributed by atoms with Crippen LogP contribution in [0.3, 0.4) is 0 Å². The van der Waals surface area contributed by atoms with E-state index in [1.54, 1.807) is 6.07 Å². The van der Waals surface area contributed by atoms with Crippen molar-refractivity contribution in [3.8, 4) is 0 Å². The summed E-state index contributed by atoms with van der Waals surface area (Å²) in [5, 5.41) is 2.73. The summed E-state index contributed by atoms with van der Waals surface area (Å²) in [6, 6.07) is 14.0. The number of rotatable bonds is 9. The zero-order valence-electron chi connectivity index (χ0n) is 18.4. The summed E-state index contributed by atoms with van der Waals surface area (Å²) in [5.74, 6) is -0.731. The molecule has 3 rings (SSSR count). The van der Waals surface area contributed by atoms with Crippen LogP contribution in [0.1, 0.15) is 47.2 Å². The summed E-state index contributed by atoms with van der Waals surface area (Å²) in [4.78, 5) is 24.4. The lowest BCUT2D eigenvalue weighted by Crippen LogP contribution is -2.35. The van der Waals surface area contributed by atoms with Crippen LogP contribution in [0.4, 0.5) is 0 Å². The van der Waals surface area contributed by atoms with E-state index in [0.29, 0.717) is 25.9 Å².